The van der Waals surface area contributed by atoms with E-state index in [4.69, 9.17) is 5.73 Å². The van der Waals surface area contributed by atoms with Crippen molar-refractivity contribution in [2.75, 3.05) is 0 Å². The first-order valence-electron chi connectivity index (χ1n) is 8.66. The molecule has 0 amide bonds. The Labute approximate surface area is 130 Å². The molecule has 0 saturated heterocycles. The maximum Gasteiger partial charge on any atom is 0.363 e. The molecule has 0 aliphatic rings. The van der Waals surface area contributed by atoms with Crippen molar-refractivity contribution >= 4 is 7.68 Å². The van der Waals surface area contributed by atoms with Gasteiger partial charge in [0.05, 0.1) is 0 Å². The summed E-state index contributed by atoms with van der Waals surface area (Å²) < 4.78 is 21.3. The van der Waals surface area contributed by atoms with E-state index < -0.39 is 13.1 Å². The highest BCUT2D eigenvalue weighted by atomic mass is 31.1. The molecule has 0 aliphatic carbocycles. The number of unbranched alkanes of at least 4 members (excludes halogenated alkanes) is 12. The van der Waals surface area contributed by atoms with Crippen molar-refractivity contribution in [3.63, 3.8) is 0 Å². The van der Waals surface area contributed by atoms with E-state index in [0.29, 0.717) is 6.42 Å². The molecule has 0 rings (SSSR count). The molecular formula is C16H34NO3P. The molecule has 4 nitrogen and oxygen atoms in total. The summed E-state index contributed by atoms with van der Waals surface area (Å²) >= 11 is 0. The second-order valence-electron chi connectivity index (χ2n) is 6.13. The largest absolute Gasteiger partial charge is 0.364 e. The molecule has 0 aromatic carbocycles. The summed E-state index contributed by atoms with van der Waals surface area (Å²) in [7, 11) is -2.95. The van der Waals surface area contributed by atoms with E-state index in [0.717, 1.165) is 12.8 Å². The smallest absolute Gasteiger partial charge is 0.363 e. The molecule has 0 aromatic heterocycles. The fourth-order valence-corrected chi connectivity index (χ4v) is 2.83. The van der Waals surface area contributed by atoms with Crippen LogP contribution in [0.15, 0.2) is 0 Å². The lowest BCUT2D eigenvalue weighted by Gasteiger charge is -2.13. The summed E-state index contributed by atoms with van der Waals surface area (Å²) in [6.07, 6.45) is 16.2. The topological polar surface area (TPSA) is 80.4 Å². The van der Waals surface area contributed by atoms with Crippen LogP contribution >= 0.6 is 7.68 Å². The molecule has 0 spiro atoms. The SMILES string of the molecule is CCCCCCCCCCCCCCCC(N)(O)P(=O)=O. The second kappa shape index (κ2) is 13.5. The second-order valence-corrected chi connectivity index (χ2v) is 7.42. The molecule has 5 heteroatoms. The predicted octanol–water partition coefficient (Wildman–Crippen LogP) is 5.25. The zero-order chi connectivity index (χ0) is 16.0. The minimum absolute atomic E-state index is 0.142. The summed E-state index contributed by atoms with van der Waals surface area (Å²) in [5.41, 5.74) is 3.25. The molecule has 0 radical (unpaired) electrons. The third-order valence-electron chi connectivity index (χ3n) is 3.96. The quantitative estimate of drug-likeness (QED) is 0.245. The zero-order valence-electron chi connectivity index (χ0n) is 13.7. The Balaban J connectivity index is 3.19. The minimum atomic E-state index is -2.95. The Morgan fingerprint density at radius 2 is 1.10 bits per heavy atom. The average molecular weight is 319 g/mol. The van der Waals surface area contributed by atoms with Crippen molar-refractivity contribution in [1.29, 1.82) is 0 Å². The van der Waals surface area contributed by atoms with Gasteiger partial charge in [-0.2, -0.15) is 0 Å². The predicted molar refractivity (Wildman–Crippen MR) is 87.7 cm³/mol. The normalized spacial score (nSPS) is 14.0. The van der Waals surface area contributed by atoms with Crippen LogP contribution in [-0.2, 0) is 9.13 Å². The van der Waals surface area contributed by atoms with Crippen LogP contribution < -0.4 is 5.73 Å². The van der Waals surface area contributed by atoms with E-state index in [1.165, 1.54) is 64.2 Å². The Morgan fingerprint density at radius 3 is 1.43 bits per heavy atom. The van der Waals surface area contributed by atoms with Crippen molar-refractivity contribution in [3.05, 3.63) is 0 Å². The number of hydrogen-bond donors (Lipinski definition) is 2. The van der Waals surface area contributed by atoms with Gasteiger partial charge in [0, 0.05) is 6.42 Å². The van der Waals surface area contributed by atoms with Crippen LogP contribution in [0.4, 0.5) is 0 Å². The summed E-state index contributed by atoms with van der Waals surface area (Å²) in [4.78, 5) is 0. The van der Waals surface area contributed by atoms with E-state index >= 15 is 0 Å². The molecule has 1 unspecified atom stereocenters. The van der Waals surface area contributed by atoms with Crippen LogP contribution in [0.1, 0.15) is 96.8 Å². The van der Waals surface area contributed by atoms with Gasteiger partial charge in [-0.1, -0.05) is 84.0 Å². The first kappa shape index (κ1) is 20.8. The Morgan fingerprint density at radius 1 is 0.762 bits per heavy atom. The van der Waals surface area contributed by atoms with E-state index in [9.17, 15) is 14.2 Å². The third-order valence-corrected chi connectivity index (χ3v) is 4.82. The van der Waals surface area contributed by atoms with Gasteiger partial charge in [-0.3, -0.25) is 5.73 Å². The highest BCUT2D eigenvalue weighted by Crippen LogP contribution is 2.26. The summed E-state index contributed by atoms with van der Waals surface area (Å²) in [5.74, 6) is 0. The van der Waals surface area contributed by atoms with Crippen LogP contribution in [0.3, 0.4) is 0 Å². The molecule has 0 bridgehead atoms. The van der Waals surface area contributed by atoms with E-state index in [-0.39, 0.29) is 6.42 Å². The van der Waals surface area contributed by atoms with Crippen LogP contribution in [0.5, 0.6) is 0 Å². The maximum absolute atomic E-state index is 10.6. The Hall–Kier alpha value is -0.180. The van der Waals surface area contributed by atoms with Gasteiger partial charge in [-0.15, -0.1) is 0 Å². The van der Waals surface area contributed by atoms with Crippen molar-refractivity contribution in [1.82, 2.24) is 0 Å². The van der Waals surface area contributed by atoms with Crippen LogP contribution in [0, 0.1) is 0 Å². The van der Waals surface area contributed by atoms with Crippen LogP contribution in [0.2, 0.25) is 0 Å². The highest BCUT2D eigenvalue weighted by molar-refractivity contribution is 7.32. The van der Waals surface area contributed by atoms with E-state index in [1.54, 1.807) is 0 Å². The number of aliphatic hydroxyl groups is 1. The molecule has 3 N–H and O–H groups in total. The average Bonchev–Trinajstić information content (AvgIpc) is 2.43. The molecule has 0 aromatic rings. The lowest BCUT2D eigenvalue weighted by molar-refractivity contribution is 0.116. The lowest BCUT2D eigenvalue weighted by atomic mass is 10.0. The molecule has 0 fully saturated rings. The van der Waals surface area contributed by atoms with Gasteiger partial charge in [0.25, 0.3) is 0 Å². The van der Waals surface area contributed by atoms with Gasteiger partial charge in [-0.05, 0) is 6.42 Å². The summed E-state index contributed by atoms with van der Waals surface area (Å²) in [6, 6.07) is 0. The molecule has 0 heterocycles. The first-order valence-corrected chi connectivity index (χ1v) is 9.84. The van der Waals surface area contributed by atoms with E-state index in [1.807, 2.05) is 0 Å². The Bertz CT molecular complexity index is 296. The minimum Gasteiger partial charge on any atom is -0.364 e. The fourth-order valence-electron chi connectivity index (χ4n) is 2.49. The zero-order valence-corrected chi connectivity index (χ0v) is 14.6. The lowest BCUT2D eigenvalue weighted by Crippen LogP contribution is -2.33. The van der Waals surface area contributed by atoms with Crippen molar-refractivity contribution in [2.45, 2.75) is 102 Å². The van der Waals surface area contributed by atoms with Gasteiger partial charge in [-0.25, -0.2) is 9.13 Å². The molecule has 1 atom stereocenters. The maximum atomic E-state index is 10.6. The molecule has 21 heavy (non-hydrogen) atoms. The Kier molecular flexibility index (Phi) is 13.4. The highest BCUT2D eigenvalue weighted by Gasteiger charge is 2.27. The standard InChI is InChI=1S/C16H34NO3P/c1-2-3-4-5-6-7-8-9-10-11-12-13-14-15-16(17,18)21(19)20/h18H,2-15,17H2,1H3. The number of nitrogens with two attached hydrogens (primary N) is 1. The first-order chi connectivity index (χ1) is 10.0. The van der Waals surface area contributed by atoms with Crippen molar-refractivity contribution in [3.8, 4) is 0 Å². The molecular weight excluding hydrogens is 285 g/mol. The van der Waals surface area contributed by atoms with Gasteiger partial charge in [0.2, 0.25) is 5.47 Å². The van der Waals surface area contributed by atoms with Gasteiger partial charge < -0.3 is 5.11 Å². The summed E-state index contributed by atoms with van der Waals surface area (Å²) in [5, 5.41) is 9.35. The van der Waals surface area contributed by atoms with Gasteiger partial charge in [0.15, 0.2) is 0 Å². The molecule has 126 valence electrons. The van der Waals surface area contributed by atoms with Crippen LogP contribution in [0.25, 0.3) is 0 Å². The van der Waals surface area contributed by atoms with E-state index in [2.05, 4.69) is 6.92 Å². The monoisotopic (exact) mass is 319 g/mol. The molecule has 0 saturated carbocycles. The van der Waals surface area contributed by atoms with Crippen molar-refractivity contribution in [2.24, 2.45) is 5.73 Å². The van der Waals surface area contributed by atoms with Crippen molar-refractivity contribution < 1.29 is 14.2 Å². The third kappa shape index (κ3) is 13.2. The van der Waals surface area contributed by atoms with Crippen LogP contribution in [-0.4, -0.2) is 10.6 Å². The molecule has 0 aliphatic heterocycles. The summed E-state index contributed by atoms with van der Waals surface area (Å²) in [6.45, 7) is 2.24. The number of hydrogen-bond acceptors (Lipinski definition) is 4. The van der Waals surface area contributed by atoms with Gasteiger partial charge >= 0.3 is 7.68 Å². The fraction of sp³-hybridized carbons (Fsp3) is 1.00. The van der Waals surface area contributed by atoms with Gasteiger partial charge in [0.1, 0.15) is 0 Å². The number of rotatable bonds is 15.